The minimum absolute atomic E-state index is 0.0111. The lowest BCUT2D eigenvalue weighted by molar-refractivity contribution is -0.143. The van der Waals surface area contributed by atoms with Gasteiger partial charge in [0.2, 0.25) is 0 Å². The molecule has 2 aromatic rings. The van der Waals surface area contributed by atoms with Crippen LogP contribution in [0.15, 0.2) is 48.5 Å². The van der Waals surface area contributed by atoms with Crippen molar-refractivity contribution in [2.45, 2.75) is 31.3 Å². The number of ether oxygens (including phenoxy) is 1. The van der Waals surface area contributed by atoms with Crippen molar-refractivity contribution in [1.82, 2.24) is 4.90 Å². The average Bonchev–Trinajstić information content (AvgIpc) is 2.72. The van der Waals surface area contributed by atoms with Gasteiger partial charge in [-0.05, 0) is 36.6 Å². The van der Waals surface area contributed by atoms with Crippen LogP contribution in [0.3, 0.4) is 0 Å². The first-order chi connectivity index (χ1) is 14.5. The largest absolute Gasteiger partial charge is 0.416 e. The molecule has 0 N–H and O–H groups in total. The number of benzene rings is 2. The summed E-state index contributed by atoms with van der Waals surface area (Å²) < 4.78 is 84.5. The number of hydrogen-bond donors (Lipinski definition) is 0. The van der Waals surface area contributed by atoms with Crippen LogP contribution in [0.4, 0.5) is 26.3 Å². The van der Waals surface area contributed by atoms with Crippen LogP contribution in [0.5, 0.6) is 0 Å². The van der Waals surface area contributed by atoms with Crippen molar-refractivity contribution >= 4 is 5.91 Å². The van der Waals surface area contributed by atoms with Gasteiger partial charge in [0, 0.05) is 31.7 Å². The SMILES string of the molecule is CN(CC1CCCOC1c1ccccc1)C(=O)c1cc(C(F)(F)F)cc(C(F)(F)F)c1. The van der Waals surface area contributed by atoms with Gasteiger partial charge in [0.05, 0.1) is 17.2 Å². The number of carbonyl (C=O) groups excluding carboxylic acids is 1. The molecule has 3 rings (SSSR count). The Morgan fingerprint density at radius 3 is 2.13 bits per heavy atom. The van der Waals surface area contributed by atoms with E-state index < -0.39 is 35.0 Å². The molecule has 1 amide bonds. The zero-order valence-corrected chi connectivity index (χ0v) is 16.6. The van der Waals surface area contributed by atoms with E-state index in [0.717, 1.165) is 16.9 Å². The third-order valence-electron chi connectivity index (χ3n) is 5.26. The second-order valence-corrected chi connectivity index (χ2v) is 7.58. The third-order valence-corrected chi connectivity index (χ3v) is 5.26. The fraction of sp³-hybridized carbons (Fsp3) is 0.409. The average molecular weight is 445 g/mol. The number of carbonyl (C=O) groups is 1. The predicted octanol–water partition coefficient (Wildman–Crippen LogP) is 5.96. The standard InChI is InChI=1S/C22H21F6NO2/c1-29(13-15-8-5-9-31-19(15)14-6-3-2-4-7-14)20(30)16-10-17(21(23,24)25)12-18(11-16)22(26,27)28/h2-4,6-7,10-12,15,19H,5,8-9,13H2,1H3. The van der Waals surface area contributed by atoms with Gasteiger partial charge in [-0.15, -0.1) is 0 Å². The van der Waals surface area contributed by atoms with E-state index >= 15 is 0 Å². The Morgan fingerprint density at radius 1 is 1.00 bits per heavy atom. The summed E-state index contributed by atoms with van der Waals surface area (Å²) in [4.78, 5) is 13.9. The summed E-state index contributed by atoms with van der Waals surface area (Å²) in [7, 11) is 1.37. The Hall–Kier alpha value is -2.55. The fourth-order valence-electron chi connectivity index (χ4n) is 3.77. The summed E-state index contributed by atoms with van der Waals surface area (Å²) in [6, 6.07) is 10.2. The smallest absolute Gasteiger partial charge is 0.373 e. The molecule has 1 saturated heterocycles. The van der Waals surface area contributed by atoms with Crippen molar-refractivity contribution < 1.29 is 35.9 Å². The summed E-state index contributed by atoms with van der Waals surface area (Å²) in [5.74, 6) is -1.05. The van der Waals surface area contributed by atoms with Crippen LogP contribution in [-0.2, 0) is 17.1 Å². The molecule has 1 fully saturated rings. The highest BCUT2D eigenvalue weighted by Crippen LogP contribution is 2.37. The van der Waals surface area contributed by atoms with Gasteiger partial charge in [-0.2, -0.15) is 26.3 Å². The molecule has 2 atom stereocenters. The summed E-state index contributed by atoms with van der Waals surface area (Å²) in [5, 5.41) is 0. The second-order valence-electron chi connectivity index (χ2n) is 7.58. The van der Waals surface area contributed by atoms with Crippen molar-refractivity contribution in [3.05, 3.63) is 70.8 Å². The van der Waals surface area contributed by atoms with E-state index in [-0.39, 0.29) is 24.6 Å². The normalized spacial score (nSPS) is 19.8. The minimum Gasteiger partial charge on any atom is -0.373 e. The molecule has 3 nitrogen and oxygen atoms in total. The Morgan fingerprint density at radius 2 is 1.58 bits per heavy atom. The number of rotatable bonds is 4. The lowest BCUT2D eigenvalue weighted by Gasteiger charge is -2.34. The van der Waals surface area contributed by atoms with E-state index in [0.29, 0.717) is 25.2 Å². The molecule has 1 aliphatic rings. The number of amides is 1. The van der Waals surface area contributed by atoms with Crippen molar-refractivity contribution in [2.75, 3.05) is 20.2 Å². The maximum Gasteiger partial charge on any atom is 0.416 e. The molecular weight excluding hydrogens is 424 g/mol. The Kier molecular flexibility index (Phi) is 6.64. The van der Waals surface area contributed by atoms with E-state index in [9.17, 15) is 31.1 Å². The van der Waals surface area contributed by atoms with Gasteiger partial charge in [0.1, 0.15) is 0 Å². The molecule has 2 aromatic carbocycles. The lowest BCUT2D eigenvalue weighted by Crippen LogP contribution is -2.36. The maximum atomic E-state index is 13.1. The van der Waals surface area contributed by atoms with Crippen molar-refractivity contribution in [3.8, 4) is 0 Å². The molecule has 0 bridgehead atoms. The molecule has 168 valence electrons. The Labute approximate surface area is 175 Å². The van der Waals surface area contributed by atoms with E-state index in [2.05, 4.69) is 0 Å². The van der Waals surface area contributed by atoms with Gasteiger partial charge in [0.15, 0.2) is 0 Å². The first-order valence-electron chi connectivity index (χ1n) is 9.68. The first-order valence-corrected chi connectivity index (χ1v) is 9.68. The molecule has 0 saturated carbocycles. The lowest BCUT2D eigenvalue weighted by atomic mass is 9.89. The fourth-order valence-corrected chi connectivity index (χ4v) is 3.77. The van der Waals surface area contributed by atoms with Gasteiger partial charge in [-0.3, -0.25) is 4.79 Å². The molecule has 2 unspecified atom stereocenters. The third kappa shape index (κ3) is 5.58. The zero-order chi connectivity index (χ0) is 22.8. The van der Waals surface area contributed by atoms with Crippen LogP contribution < -0.4 is 0 Å². The molecule has 0 aromatic heterocycles. The first kappa shape index (κ1) is 23.1. The molecule has 9 heteroatoms. The van der Waals surface area contributed by atoms with Crippen LogP contribution in [0.2, 0.25) is 0 Å². The van der Waals surface area contributed by atoms with E-state index in [1.165, 1.54) is 7.05 Å². The van der Waals surface area contributed by atoms with Gasteiger partial charge in [0.25, 0.3) is 5.91 Å². The topological polar surface area (TPSA) is 29.5 Å². The summed E-state index contributed by atoms with van der Waals surface area (Å²) in [6.07, 6.45) is -8.86. The molecule has 1 heterocycles. The highest BCUT2D eigenvalue weighted by molar-refractivity contribution is 5.94. The number of nitrogens with zero attached hydrogens (tertiary/aromatic N) is 1. The summed E-state index contributed by atoms with van der Waals surface area (Å²) in [6.45, 7) is 0.673. The van der Waals surface area contributed by atoms with Crippen molar-refractivity contribution in [3.63, 3.8) is 0 Å². The summed E-state index contributed by atoms with van der Waals surface area (Å²) in [5.41, 5.74) is -2.77. The molecule has 1 aliphatic heterocycles. The van der Waals surface area contributed by atoms with Crippen molar-refractivity contribution in [2.24, 2.45) is 5.92 Å². The quantitative estimate of drug-likeness (QED) is 0.543. The van der Waals surface area contributed by atoms with Crippen LogP contribution in [-0.4, -0.2) is 31.0 Å². The molecule has 0 aliphatic carbocycles. The van der Waals surface area contributed by atoms with Crippen LogP contribution >= 0.6 is 0 Å². The number of hydrogen-bond acceptors (Lipinski definition) is 2. The monoisotopic (exact) mass is 445 g/mol. The molecular formula is C22H21F6NO2. The van der Waals surface area contributed by atoms with Crippen molar-refractivity contribution in [1.29, 1.82) is 0 Å². The number of alkyl halides is 6. The highest BCUT2D eigenvalue weighted by atomic mass is 19.4. The van der Waals surface area contributed by atoms with Crippen LogP contribution in [0.1, 0.15) is 46.0 Å². The van der Waals surface area contributed by atoms with Gasteiger partial charge in [-0.1, -0.05) is 30.3 Å². The Bertz CT molecular complexity index is 878. The molecule has 31 heavy (non-hydrogen) atoms. The van der Waals surface area contributed by atoms with E-state index in [4.69, 9.17) is 4.74 Å². The van der Waals surface area contributed by atoms with E-state index in [1.54, 1.807) is 0 Å². The van der Waals surface area contributed by atoms with Crippen LogP contribution in [0, 0.1) is 5.92 Å². The van der Waals surface area contributed by atoms with Gasteiger partial charge >= 0.3 is 12.4 Å². The molecule has 0 radical (unpaired) electrons. The Balaban J connectivity index is 1.85. The maximum absolute atomic E-state index is 13.1. The van der Waals surface area contributed by atoms with Crippen LogP contribution in [0.25, 0.3) is 0 Å². The minimum atomic E-state index is -5.01. The van der Waals surface area contributed by atoms with Gasteiger partial charge in [-0.25, -0.2) is 0 Å². The molecule has 0 spiro atoms. The second kappa shape index (κ2) is 8.90. The highest BCUT2D eigenvalue weighted by Gasteiger charge is 2.38. The summed E-state index contributed by atoms with van der Waals surface area (Å²) >= 11 is 0. The predicted molar refractivity (Wildman–Crippen MR) is 101 cm³/mol. The zero-order valence-electron chi connectivity index (χ0n) is 16.6. The van der Waals surface area contributed by atoms with E-state index in [1.807, 2.05) is 30.3 Å². The van der Waals surface area contributed by atoms with Gasteiger partial charge < -0.3 is 9.64 Å². The number of halogens is 6.